The summed E-state index contributed by atoms with van der Waals surface area (Å²) < 4.78 is 4.76. The van der Waals surface area contributed by atoms with Gasteiger partial charge in [0.1, 0.15) is 0 Å². The van der Waals surface area contributed by atoms with Gasteiger partial charge < -0.3 is 9.72 Å². The number of hydrogen-bond donors (Lipinski definition) is 1. The van der Waals surface area contributed by atoms with Gasteiger partial charge in [0.05, 0.1) is 0 Å². The van der Waals surface area contributed by atoms with Gasteiger partial charge in [0, 0.05) is 17.1 Å². The van der Waals surface area contributed by atoms with Crippen LogP contribution in [-0.4, -0.2) is 4.98 Å². The van der Waals surface area contributed by atoms with Crippen molar-refractivity contribution in [3.63, 3.8) is 0 Å². The van der Waals surface area contributed by atoms with Gasteiger partial charge in [-0.1, -0.05) is 6.07 Å². The largest absolute Gasteiger partial charge is 0.387 e. The normalized spacial score (nSPS) is 9.58. The van der Waals surface area contributed by atoms with E-state index in [1.165, 1.54) is 0 Å². The smallest absolute Gasteiger partial charge is 0.292 e. The van der Waals surface area contributed by atoms with Gasteiger partial charge in [-0.3, -0.25) is 0 Å². The van der Waals surface area contributed by atoms with Crippen molar-refractivity contribution in [2.45, 2.75) is 0 Å². The molecule has 0 atom stereocenters. The Labute approximate surface area is 69.2 Å². The van der Waals surface area contributed by atoms with Crippen LogP contribution in [0.4, 0.5) is 0 Å². The Morgan fingerprint density at radius 1 is 1.33 bits per heavy atom. The molecule has 1 aromatic carbocycles. The summed E-state index contributed by atoms with van der Waals surface area (Å²) in [7, 11) is 0. The topological polar surface area (TPSA) is 48.8 Å². The predicted octanol–water partition coefficient (Wildman–Crippen LogP) is 2.03. The lowest BCUT2D eigenvalue weighted by atomic mass is 10.2. The van der Waals surface area contributed by atoms with E-state index in [1.54, 1.807) is 12.3 Å². The minimum atomic E-state index is 0.594. The molecule has 0 amide bonds. The van der Waals surface area contributed by atoms with Crippen LogP contribution in [0.15, 0.2) is 30.5 Å². The van der Waals surface area contributed by atoms with E-state index >= 15 is 0 Å². The van der Waals surface area contributed by atoms with Gasteiger partial charge in [0.15, 0.2) is 5.75 Å². The molecule has 58 valence electrons. The first-order chi connectivity index (χ1) is 5.92. The molecule has 1 aromatic heterocycles. The molecule has 0 saturated heterocycles. The third kappa shape index (κ3) is 0.903. The molecule has 12 heavy (non-hydrogen) atoms. The Morgan fingerprint density at radius 2 is 2.25 bits per heavy atom. The van der Waals surface area contributed by atoms with Crippen LogP contribution >= 0.6 is 0 Å². The number of hydrogen-bond acceptors (Lipinski definition) is 2. The Hall–Kier alpha value is -1.95. The molecule has 1 heterocycles. The zero-order chi connectivity index (χ0) is 8.39. The number of aromatic nitrogens is 1. The van der Waals surface area contributed by atoms with Crippen LogP contribution in [0.2, 0.25) is 0 Å². The molecule has 3 heteroatoms. The lowest BCUT2D eigenvalue weighted by molar-refractivity contribution is 0.513. The lowest BCUT2D eigenvalue weighted by Gasteiger charge is -1.96. The Balaban J connectivity index is 2.67. The van der Waals surface area contributed by atoms with Crippen molar-refractivity contribution in [2.75, 3.05) is 0 Å². The number of nitriles is 1. The van der Waals surface area contributed by atoms with Crippen LogP contribution in [-0.2, 0) is 0 Å². The van der Waals surface area contributed by atoms with Crippen molar-refractivity contribution in [1.29, 1.82) is 5.26 Å². The molecular formula is C9H6N2O. The summed E-state index contributed by atoms with van der Waals surface area (Å²) in [6.07, 6.45) is 3.47. The van der Waals surface area contributed by atoms with E-state index in [1.807, 2.05) is 24.4 Å². The molecule has 0 aliphatic heterocycles. The third-order valence-corrected chi connectivity index (χ3v) is 1.71. The molecule has 2 rings (SSSR count). The van der Waals surface area contributed by atoms with Crippen LogP contribution in [0, 0.1) is 11.5 Å². The second-order valence-corrected chi connectivity index (χ2v) is 2.39. The first-order valence-corrected chi connectivity index (χ1v) is 3.54. The molecule has 0 aliphatic rings. The number of H-pyrrole nitrogens is 1. The minimum absolute atomic E-state index is 0.594. The highest BCUT2D eigenvalue weighted by atomic mass is 16.5. The molecule has 0 unspecified atom stereocenters. The number of ether oxygens (including phenoxy) is 1. The summed E-state index contributed by atoms with van der Waals surface area (Å²) in [6, 6.07) is 7.41. The van der Waals surface area contributed by atoms with Gasteiger partial charge in [-0.2, -0.15) is 0 Å². The van der Waals surface area contributed by atoms with Gasteiger partial charge in [0.25, 0.3) is 6.26 Å². The van der Waals surface area contributed by atoms with E-state index < -0.39 is 0 Å². The SMILES string of the molecule is N#COc1cccc2[nH]ccc12. The average molecular weight is 158 g/mol. The quantitative estimate of drug-likeness (QED) is 0.645. The Kier molecular flexibility index (Phi) is 1.45. The summed E-state index contributed by atoms with van der Waals surface area (Å²) in [5.74, 6) is 0.594. The van der Waals surface area contributed by atoms with Gasteiger partial charge in [-0.05, 0) is 18.2 Å². The average Bonchev–Trinajstić information content (AvgIpc) is 2.53. The van der Waals surface area contributed by atoms with Crippen LogP contribution in [0.25, 0.3) is 10.9 Å². The number of benzene rings is 1. The molecule has 1 N–H and O–H groups in total. The summed E-state index contributed by atoms with van der Waals surface area (Å²) in [4.78, 5) is 3.03. The van der Waals surface area contributed by atoms with E-state index in [9.17, 15) is 0 Å². The van der Waals surface area contributed by atoms with Crippen LogP contribution in [0.5, 0.6) is 5.75 Å². The summed E-state index contributed by atoms with van der Waals surface area (Å²) in [5, 5.41) is 9.26. The molecular weight excluding hydrogens is 152 g/mol. The zero-order valence-electron chi connectivity index (χ0n) is 6.24. The highest BCUT2D eigenvalue weighted by molar-refractivity contribution is 5.85. The predicted molar refractivity (Wildman–Crippen MR) is 44.5 cm³/mol. The number of fused-ring (bicyclic) bond motifs is 1. The van der Waals surface area contributed by atoms with E-state index in [-0.39, 0.29) is 0 Å². The van der Waals surface area contributed by atoms with Crippen molar-refractivity contribution in [1.82, 2.24) is 4.98 Å². The molecule has 0 aliphatic carbocycles. The fraction of sp³-hybridized carbons (Fsp3) is 0. The summed E-state index contributed by atoms with van der Waals surface area (Å²) >= 11 is 0. The zero-order valence-corrected chi connectivity index (χ0v) is 6.24. The Bertz CT molecular complexity index is 439. The van der Waals surface area contributed by atoms with Crippen molar-refractivity contribution < 1.29 is 4.74 Å². The number of aromatic amines is 1. The molecule has 0 radical (unpaired) electrons. The highest BCUT2D eigenvalue weighted by Crippen LogP contribution is 2.23. The molecule has 0 saturated carbocycles. The van der Waals surface area contributed by atoms with E-state index in [2.05, 4.69) is 4.98 Å². The third-order valence-electron chi connectivity index (χ3n) is 1.71. The monoisotopic (exact) mass is 158 g/mol. The Morgan fingerprint density at radius 3 is 3.08 bits per heavy atom. The van der Waals surface area contributed by atoms with Crippen LogP contribution in [0.3, 0.4) is 0 Å². The maximum atomic E-state index is 8.33. The highest BCUT2D eigenvalue weighted by Gasteiger charge is 2.00. The number of nitrogens with one attached hydrogen (secondary N) is 1. The van der Waals surface area contributed by atoms with Crippen molar-refractivity contribution >= 4 is 10.9 Å². The molecule has 2 aromatic rings. The van der Waals surface area contributed by atoms with E-state index in [0.29, 0.717) is 5.75 Å². The van der Waals surface area contributed by atoms with E-state index in [0.717, 1.165) is 10.9 Å². The second-order valence-electron chi connectivity index (χ2n) is 2.39. The molecule has 0 fully saturated rings. The van der Waals surface area contributed by atoms with Crippen LogP contribution in [0.1, 0.15) is 0 Å². The van der Waals surface area contributed by atoms with Crippen molar-refractivity contribution in [3.8, 4) is 12.0 Å². The summed E-state index contributed by atoms with van der Waals surface area (Å²) in [5.41, 5.74) is 0.975. The number of rotatable bonds is 1. The minimum Gasteiger partial charge on any atom is -0.387 e. The molecule has 0 spiro atoms. The maximum absolute atomic E-state index is 8.33. The lowest BCUT2D eigenvalue weighted by Crippen LogP contribution is -1.81. The first-order valence-electron chi connectivity index (χ1n) is 3.54. The van der Waals surface area contributed by atoms with E-state index in [4.69, 9.17) is 10.00 Å². The first kappa shape index (κ1) is 6.74. The second kappa shape index (κ2) is 2.59. The van der Waals surface area contributed by atoms with Gasteiger partial charge in [-0.25, -0.2) is 0 Å². The number of nitrogens with zero attached hydrogens (tertiary/aromatic N) is 1. The molecule has 3 nitrogen and oxygen atoms in total. The maximum Gasteiger partial charge on any atom is 0.292 e. The van der Waals surface area contributed by atoms with Gasteiger partial charge in [-0.15, -0.1) is 5.26 Å². The van der Waals surface area contributed by atoms with Crippen molar-refractivity contribution in [2.24, 2.45) is 0 Å². The van der Waals surface area contributed by atoms with Gasteiger partial charge >= 0.3 is 0 Å². The van der Waals surface area contributed by atoms with Crippen molar-refractivity contribution in [3.05, 3.63) is 30.5 Å². The fourth-order valence-corrected chi connectivity index (χ4v) is 1.19. The summed E-state index contributed by atoms with van der Waals surface area (Å²) in [6.45, 7) is 0. The fourth-order valence-electron chi connectivity index (χ4n) is 1.19. The standard InChI is InChI=1S/C9H6N2O/c10-6-12-9-3-1-2-8-7(9)4-5-11-8/h1-5,11H. The van der Waals surface area contributed by atoms with Gasteiger partial charge in [0.2, 0.25) is 0 Å². The molecule has 0 bridgehead atoms. The van der Waals surface area contributed by atoms with Crippen LogP contribution < -0.4 is 4.74 Å².